The van der Waals surface area contributed by atoms with E-state index < -0.39 is 10.0 Å². The smallest absolute Gasteiger partial charge is 0.241 e. The molecule has 100 valence electrons. The Labute approximate surface area is 108 Å². The molecule has 18 heavy (non-hydrogen) atoms. The fourth-order valence-electron chi connectivity index (χ4n) is 2.31. The van der Waals surface area contributed by atoms with Crippen LogP contribution in [0.4, 0.5) is 0 Å². The molecule has 0 radical (unpaired) electrons. The summed E-state index contributed by atoms with van der Waals surface area (Å²) in [6, 6.07) is 4.98. The molecule has 1 saturated carbocycles. The molecule has 5 heteroatoms. The zero-order valence-corrected chi connectivity index (χ0v) is 11.5. The summed E-state index contributed by atoms with van der Waals surface area (Å²) in [6.07, 6.45) is 2.82. The Morgan fingerprint density at radius 1 is 1.39 bits per heavy atom. The molecule has 0 saturated heterocycles. The van der Waals surface area contributed by atoms with Gasteiger partial charge in [-0.2, -0.15) is 0 Å². The highest BCUT2D eigenvalue weighted by atomic mass is 32.2. The van der Waals surface area contributed by atoms with E-state index in [4.69, 9.17) is 0 Å². The van der Waals surface area contributed by atoms with Crippen molar-refractivity contribution in [1.82, 2.24) is 4.72 Å². The van der Waals surface area contributed by atoms with Crippen LogP contribution >= 0.6 is 0 Å². The molecule has 4 nitrogen and oxygen atoms in total. The molecule has 2 rings (SSSR count). The van der Waals surface area contributed by atoms with E-state index in [0.717, 1.165) is 19.3 Å². The first-order chi connectivity index (χ1) is 8.38. The first kappa shape index (κ1) is 13.5. The van der Waals surface area contributed by atoms with Crippen LogP contribution in [-0.2, 0) is 16.6 Å². The monoisotopic (exact) mass is 269 g/mol. The number of rotatable bonds is 4. The summed E-state index contributed by atoms with van der Waals surface area (Å²) in [5, 5.41) is 9.18. The highest BCUT2D eigenvalue weighted by Crippen LogP contribution is 2.33. The van der Waals surface area contributed by atoms with Crippen LogP contribution in [-0.4, -0.2) is 19.1 Å². The topological polar surface area (TPSA) is 66.4 Å². The zero-order chi connectivity index (χ0) is 13.4. The summed E-state index contributed by atoms with van der Waals surface area (Å²) in [6.45, 7) is 3.51. The molecule has 1 aliphatic carbocycles. The van der Waals surface area contributed by atoms with Crippen LogP contribution in [0.25, 0.3) is 0 Å². The third kappa shape index (κ3) is 2.43. The van der Waals surface area contributed by atoms with Crippen molar-refractivity contribution >= 4 is 10.0 Å². The molecule has 0 aromatic heterocycles. The molecule has 1 aliphatic rings. The molecule has 0 spiro atoms. The number of aliphatic hydroxyl groups excluding tert-OH is 1. The van der Waals surface area contributed by atoms with Gasteiger partial charge in [-0.05, 0) is 50.3 Å². The Hall–Kier alpha value is -0.910. The van der Waals surface area contributed by atoms with E-state index >= 15 is 0 Å². The van der Waals surface area contributed by atoms with E-state index in [1.807, 2.05) is 6.92 Å². The van der Waals surface area contributed by atoms with Crippen LogP contribution in [0.5, 0.6) is 0 Å². The predicted molar refractivity (Wildman–Crippen MR) is 69.7 cm³/mol. The molecule has 1 aromatic rings. The molecule has 0 unspecified atom stereocenters. The standard InChI is InChI=1S/C13H19NO3S/c1-10-11(9-15)5-3-6-12(10)18(16,17)14-13(2)7-4-8-13/h3,5-6,14-15H,4,7-9H2,1-2H3. The van der Waals surface area contributed by atoms with Gasteiger partial charge >= 0.3 is 0 Å². The summed E-state index contributed by atoms with van der Waals surface area (Å²) in [5.74, 6) is 0. The number of aliphatic hydroxyl groups is 1. The van der Waals surface area contributed by atoms with Gasteiger partial charge in [0.2, 0.25) is 10.0 Å². The zero-order valence-electron chi connectivity index (χ0n) is 10.7. The van der Waals surface area contributed by atoms with Crippen LogP contribution in [0.3, 0.4) is 0 Å². The molecular formula is C13H19NO3S. The fraction of sp³-hybridized carbons (Fsp3) is 0.538. The SMILES string of the molecule is Cc1c(CO)cccc1S(=O)(=O)NC1(C)CCC1. The molecule has 0 atom stereocenters. The second-order valence-corrected chi connectivity index (χ2v) is 6.87. The van der Waals surface area contributed by atoms with Gasteiger partial charge in [-0.15, -0.1) is 0 Å². The quantitative estimate of drug-likeness (QED) is 0.874. The van der Waals surface area contributed by atoms with E-state index in [0.29, 0.717) is 11.1 Å². The lowest BCUT2D eigenvalue weighted by Gasteiger charge is -2.38. The van der Waals surface area contributed by atoms with Gasteiger partial charge < -0.3 is 5.11 Å². The Kier molecular flexibility index (Phi) is 3.49. The van der Waals surface area contributed by atoms with Gasteiger partial charge in [0.05, 0.1) is 11.5 Å². The minimum atomic E-state index is -3.50. The number of benzene rings is 1. The normalized spacial score (nSPS) is 18.4. The van der Waals surface area contributed by atoms with E-state index in [1.165, 1.54) is 0 Å². The highest BCUT2D eigenvalue weighted by molar-refractivity contribution is 7.89. The molecule has 1 aromatic carbocycles. The third-order valence-corrected chi connectivity index (χ3v) is 5.48. The fourth-order valence-corrected chi connectivity index (χ4v) is 4.07. The lowest BCUT2D eigenvalue weighted by Crippen LogP contribution is -2.50. The summed E-state index contributed by atoms with van der Waals surface area (Å²) >= 11 is 0. The summed E-state index contributed by atoms with van der Waals surface area (Å²) in [4.78, 5) is 0.266. The van der Waals surface area contributed by atoms with Crippen LogP contribution in [0.15, 0.2) is 23.1 Å². The van der Waals surface area contributed by atoms with Gasteiger partial charge in [0.25, 0.3) is 0 Å². The second-order valence-electron chi connectivity index (χ2n) is 5.22. The minimum absolute atomic E-state index is 0.146. The Morgan fingerprint density at radius 2 is 2.06 bits per heavy atom. The molecule has 0 amide bonds. The van der Waals surface area contributed by atoms with Crippen molar-refractivity contribution < 1.29 is 13.5 Å². The second kappa shape index (κ2) is 4.64. The molecule has 0 heterocycles. The molecule has 2 N–H and O–H groups in total. The molecule has 0 aliphatic heterocycles. The summed E-state index contributed by atoms with van der Waals surface area (Å²) in [5.41, 5.74) is 0.965. The van der Waals surface area contributed by atoms with Crippen LogP contribution in [0.2, 0.25) is 0 Å². The van der Waals surface area contributed by atoms with E-state index in [1.54, 1.807) is 25.1 Å². The van der Waals surface area contributed by atoms with Crippen LogP contribution in [0, 0.1) is 6.92 Å². The molecular weight excluding hydrogens is 250 g/mol. The van der Waals surface area contributed by atoms with Crippen LogP contribution in [0.1, 0.15) is 37.3 Å². The van der Waals surface area contributed by atoms with Crippen molar-refractivity contribution in [1.29, 1.82) is 0 Å². The Balaban J connectivity index is 2.35. The molecule has 1 fully saturated rings. The average molecular weight is 269 g/mol. The number of nitrogens with one attached hydrogen (secondary N) is 1. The van der Waals surface area contributed by atoms with Crippen LogP contribution < -0.4 is 4.72 Å². The maximum absolute atomic E-state index is 12.3. The highest BCUT2D eigenvalue weighted by Gasteiger charge is 2.36. The summed E-state index contributed by atoms with van der Waals surface area (Å²) < 4.78 is 27.4. The third-order valence-electron chi connectivity index (χ3n) is 3.69. The average Bonchev–Trinajstić information content (AvgIpc) is 2.26. The van der Waals surface area contributed by atoms with Gasteiger partial charge in [0.1, 0.15) is 0 Å². The van der Waals surface area contributed by atoms with E-state index in [2.05, 4.69) is 4.72 Å². The minimum Gasteiger partial charge on any atom is -0.392 e. The number of hydrogen-bond donors (Lipinski definition) is 2. The van der Waals surface area contributed by atoms with Crippen molar-refractivity contribution in [2.24, 2.45) is 0 Å². The maximum atomic E-state index is 12.3. The lowest BCUT2D eigenvalue weighted by atomic mass is 9.80. The Bertz CT molecular complexity index is 547. The maximum Gasteiger partial charge on any atom is 0.241 e. The number of hydrogen-bond acceptors (Lipinski definition) is 3. The van der Waals surface area contributed by atoms with Crippen molar-refractivity contribution in [3.05, 3.63) is 29.3 Å². The van der Waals surface area contributed by atoms with Gasteiger partial charge in [-0.25, -0.2) is 13.1 Å². The first-order valence-corrected chi connectivity index (χ1v) is 7.60. The summed E-state index contributed by atoms with van der Waals surface area (Å²) in [7, 11) is -3.50. The van der Waals surface area contributed by atoms with Crippen molar-refractivity contribution in [2.75, 3.05) is 0 Å². The van der Waals surface area contributed by atoms with E-state index in [-0.39, 0.29) is 17.0 Å². The predicted octanol–water partition coefficient (Wildman–Crippen LogP) is 1.71. The lowest BCUT2D eigenvalue weighted by molar-refractivity contribution is 0.248. The van der Waals surface area contributed by atoms with Gasteiger partial charge in [-0.3, -0.25) is 0 Å². The van der Waals surface area contributed by atoms with Gasteiger partial charge in [0.15, 0.2) is 0 Å². The van der Waals surface area contributed by atoms with E-state index in [9.17, 15) is 13.5 Å². The van der Waals surface area contributed by atoms with Gasteiger partial charge in [-0.1, -0.05) is 12.1 Å². The largest absolute Gasteiger partial charge is 0.392 e. The number of sulfonamides is 1. The first-order valence-electron chi connectivity index (χ1n) is 6.11. The van der Waals surface area contributed by atoms with Crippen molar-refractivity contribution in [2.45, 2.75) is 50.2 Å². The van der Waals surface area contributed by atoms with Gasteiger partial charge in [0, 0.05) is 5.54 Å². The molecule has 0 bridgehead atoms. The van der Waals surface area contributed by atoms with Crippen molar-refractivity contribution in [3.8, 4) is 0 Å². The Morgan fingerprint density at radius 3 is 2.56 bits per heavy atom. The van der Waals surface area contributed by atoms with Crippen molar-refractivity contribution in [3.63, 3.8) is 0 Å².